The number of pyridine rings is 1. The highest BCUT2D eigenvalue weighted by Crippen LogP contribution is 2.31. The molecule has 1 saturated heterocycles. The van der Waals surface area contributed by atoms with Crippen LogP contribution in [0.2, 0.25) is 5.02 Å². The summed E-state index contributed by atoms with van der Waals surface area (Å²) in [5.74, 6) is 6.04. The molecular formula is C26H24ClN3O4. The monoisotopic (exact) mass is 477 g/mol. The summed E-state index contributed by atoms with van der Waals surface area (Å²) in [5, 5.41) is 0.885. The number of carbonyl (C=O) groups is 1. The molecule has 174 valence electrons. The van der Waals surface area contributed by atoms with E-state index in [0.29, 0.717) is 58.5 Å². The fourth-order valence-electron chi connectivity index (χ4n) is 4.32. The van der Waals surface area contributed by atoms with Crippen LogP contribution in [0.4, 0.5) is 0 Å². The molecular weight excluding hydrogens is 454 g/mol. The van der Waals surface area contributed by atoms with Gasteiger partial charge < -0.3 is 4.74 Å². The van der Waals surface area contributed by atoms with Crippen molar-refractivity contribution in [2.75, 3.05) is 6.61 Å². The van der Waals surface area contributed by atoms with Crippen LogP contribution in [0, 0.1) is 24.7 Å². The van der Waals surface area contributed by atoms with Crippen LogP contribution >= 0.6 is 11.6 Å². The van der Waals surface area contributed by atoms with Gasteiger partial charge >= 0.3 is 0 Å². The number of ketones is 1. The van der Waals surface area contributed by atoms with Crippen molar-refractivity contribution in [3.05, 3.63) is 67.4 Å². The van der Waals surface area contributed by atoms with Crippen molar-refractivity contribution >= 4 is 28.4 Å². The van der Waals surface area contributed by atoms with Crippen molar-refractivity contribution in [2.24, 2.45) is 13.0 Å². The maximum atomic E-state index is 13.8. The molecule has 2 fully saturated rings. The number of nitrogens with zero attached hydrogens (tertiary/aromatic N) is 3. The third kappa shape index (κ3) is 4.20. The van der Waals surface area contributed by atoms with Gasteiger partial charge in [0.1, 0.15) is 11.9 Å². The fourth-order valence-corrected chi connectivity index (χ4v) is 4.44. The van der Waals surface area contributed by atoms with Gasteiger partial charge in [0.2, 0.25) is 5.78 Å². The number of Topliss-reactive ketones (excluding diaryl/α,β-unsaturated/α-hetero) is 1. The average molecular weight is 478 g/mol. The van der Waals surface area contributed by atoms with Crippen molar-refractivity contribution in [3.63, 3.8) is 0 Å². The molecule has 8 heteroatoms. The molecule has 0 spiro atoms. The lowest BCUT2D eigenvalue weighted by Crippen LogP contribution is -2.35. The molecule has 0 amide bonds. The molecule has 2 aliphatic rings. The highest BCUT2D eigenvalue weighted by Gasteiger charge is 2.31. The largest absolute Gasteiger partial charge is 0.369 e. The Labute approximate surface area is 201 Å². The van der Waals surface area contributed by atoms with Crippen LogP contribution in [0.3, 0.4) is 0 Å². The summed E-state index contributed by atoms with van der Waals surface area (Å²) in [5.41, 5.74) is 0.836. The summed E-state index contributed by atoms with van der Waals surface area (Å²) in [6.07, 6.45) is 2.32. The molecule has 0 unspecified atom stereocenters. The predicted molar refractivity (Wildman–Crippen MR) is 130 cm³/mol. The maximum Gasteiger partial charge on any atom is 0.262 e. The molecule has 5 rings (SSSR count). The van der Waals surface area contributed by atoms with Crippen molar-refractivity contribution in [1.82, 2.24) is 14.1 Å². The van der Waals surface area contributed by atoms with Crippen LogP contribution < -0.4 is 11.1 Å². The number of hydrogen-bond donors (Lipinski definition) is 0. The van der Waals surface area contributed by atoms with Crippen LogP contribution in [0.1, 0.15) is 43.0 Å². The molecule has 2 aromatic heterocycles. The molecule has 1 saturated carbocycles. The molecule has 0 N–H and O–H groups in total. The first kappa shape index (κ1) is 22.6. The van der Waals surface area contributed by atoms with Gasteiger partial charge in [-0.05, 0) is 74.8 Å². The molecule has 1 aliphatic carbocycles. The van der Waals surface area contributed by atoms with Gasteiger partial charge in [0.15, 0.2) is 5.65 Å². The van der Waals surface area contributed by atoms with E-state index in [1.807, 2.05) is 0 Å². The topological polar surface area (TPSA) is 83.2 Å². The highest BCUT2D eigenvalue weighted by atomic mass is 35.5. The summed E-state index contributed by atoms with van der Waals surface area (Å²) in [6.45, 7) is 2.07. The molecule has 1 aromatic carbocycles. The molecule has 0 radical (unpaired) electrons. The van der Waals surface area contributed by atoms with Gasteiger partial charge in [0.25, 0.3) is 11.1 Å². The van der Waals surface area contributed by atoms with Crippen molar-refractivity contribution < 1.29 is 9.53 Å². The zero-order valence-corrected chi connectivity index (χ0v) is 19.8. The van der Waals surface area contributed by atoms with E-state index in [1.165, 1.54) is 9.13 Å². The van der Waals surface area contributed by atoms with Gasteiger partial charge in [0.05, 0.1) is 11.1 Å². The quantitative estimate of drug-likeness (QED) is 0.427. The van der Waals surface area contributed by atoms with Crippen LogP contribution in [0.15, 0.2) is 39.9 Å². The number of carbonyl (C=O) groups excluding carboxylic acids is 1. The lowest BCUT2D eigenvalue weighted by Gasteiger charge is -2.28. The Morgan fingerprint density at radius 3 is 2.59 bits per heavy atom. The Balaban J connectivity index is 1.64. The van der Waals surface area contributed by atoms with E-state index in [-0.39, 0.29) is 22.8 Å². The molecule has 1 aliphatic heterocycles. The first-order valence-corrected chi connectivity index (χ1v) is 11.8. The van der Waals surface area contributed by atoms with E-state index >= 15 is 0 Å². The average Bonchev–Trinajstić information content (AvgIpc) is 3.66. The molecule has 3 aromatic rings. The molecule has 2 atom stereocenters. The lowest BCUT2D eigenvalue weighted by atomic mass is 9.87. The molecule has 3 heterocycles. The van der Waals surface area contributed by atoms with Crippen LogP contribution in [0.5, 0.6) is 0 Å². The van der Waals surface area contributed by atoms with Gasteiger partial charge in [0, 0.05) is 30.2 Å². The van der Waals surface area contributed by atoms with Crippen LogP contribution in [-0.2, 0) is 16.6 Å². The highest BCUT2D eigenvalue weighted by molar-refractivity contribution is 6.30. The zero-order valence-electron chi connectivity index (χ0n) is 19.0. The summed E-state index contributed by atoms with van der Waals surface area (Å²) < 4.78 is 8.64. The number of halogens is 1. The van der Waals surface area contributed by atoms with E-state index in [0.717, 1.165) is 12.8 Å². The lowest BCUT2D eigenvalue weighted by molar-refractivity contribution is -0.127. The maximum absolute atomic E-state index is 13.8. The van der Waals surface area contributed by atoms with Gasteiger partial charge in [-0.2, -0.15) is 0 Å². The van der Waals surface area contributed by atoms with Crippen molar-refractivity contribution in [3.8, 4) is 17.5 Å². The molecule has 34 heavy (non-hydrogen) atoms. The van der Waals surface area contributed by atoms with E-state index < -0.39 is 6.10 Å². The third-order valence-corrected chi connectivity index (χ3v) is 6.82. The zero-order chi connectivity index (χ0) is 24.0. The Kier molecular flexibility index (Phi) is 5.88. The number of hydrogen-bond acceptors (Lipinski definition) is 5. The number of ether oxygens (including phenoxy) is 1. The minimum absolute atomic E-state index is 0.235. The third-order valence-electron chi connectivity index (χ3n) is 6.57. The molecule has 7 nitrogen and oxygen atoms in total. The van der Waals surface area contributed by atoms with E-state index in [4.69, 9.17) is 16.3 Å². The second-order valence-corrected chi connectivity index (χ2v) is 9.40. The first-order chi connectivity index (χ1) is 16.3. The Hall–Kier alpha value is -3.21. The SMILES string of the molecule is Cc1nc2c(cc([C@H]3CCO[C@@H](C(=O)C#CC4CC4)C3)c(=O)n2-c2ccc(Cl)cc2)c(=O)n1C. The summed E-state index contributed by atoms with van der Waals surface area (Å²) in [4.78, 5) is 44.1. The van der Waals surface area contributed by atoms with Crippen LogP contribution in [0.25, 0.3) is 16.7 Å². The Morgan fingerprint density at radius 2 is 1.88 bits per heavy atom. The second-order valence-electron chi connectivity index (χ2n) is 8.97. The Morgan fingerprint density at radius 1 is 1.15 bits per heavy atom. The van der Waals surface area contributed by atoms with E-state index in [9.17, 15) is 14.4 Å². The minimum atomic E-state index is -0.678. The van der Waals surface area contributed by atoms with Crippen LogP contribution in [-0.4, -0.2) is 32.6 Å². The minimum Gasteiger partial charge on any atom is -0.369 e. The number of aromatic nitrogens is 3. The second kappa shape index (κ2) is 8.86. The summed E-state index contributed by atoms with van der Waals surface area (Å²) >= 11 is 6.06. The number of fused-ring (bicyclic) bond motifs is 1. The number of aryl methyl sites for hydroxylation is 1. The standard InChI is InChI=1S/C26H24ClN3O4/c1-15-28-24-21(25(32)29(15)2)14-20(26(33)30(24)19-8-6-18(27)7-9-19)17-11-12-34-23(13-17)22(31)10-5-16-3-4-16/h6-9,14,16-17,23H,3-4,11-13H2,1-2H3/t17-,23+/m0/s1. The van der Waals surface area contributed by atoms with Crippen molar-refractivity contribution in [1.29, 1.82) is 0 Å². The molecule has 0 bridgehead atoms. The van der Waals surface area contributed by atoms with Gasteiger partial charge in [-0.15, -0.1) is 0 Å². The normalized spacial score (nSPS) is 20.1. The number of rotatable bonds is 3. The summed E-state index contributed by atoms with van der Waals surface area (Å²) in [6, 6.07) is 8.48. The van der Waals surface area contributed by atoms with Gasteiger partial charge in [-0.1, -0.05) is 17.5 Å². The predicted octanol–water partition coefficient (Wildman–Crippen LogP) is 3.29. The van der Waals surface area contributed by atoms with E-state index in [2.05, 4.69) is 16.8 Å². The Bertz CT molecular complexity index is 1470. The number of benzene rings is 1. The van der Waals surface area contributed by atoms with E-state index in [1.54, 1.807) is 44.3 Å². The summed E-state index contributed by atoms with van der Waals surface area (Å²) in [7, 11) is 1.66. The van der Waals surface area contributed by atoms with Crippen molar-refractivity contribution in [2.45, 2.75) is 44.6 Å². The first-order valence-electron chi connectivity index (χ1n) is 11.4. The van der Waals surface area contributed by atoms with Gasteiger partial charge in [-0.3, -0.25) is 23.5 Å². The van der Waals surface area contributed by atoms with Gasteiger partial charge in [-0.25, -0.2) is 4.98 Å². The smallest absolute Gasteiger partial charge is 0.262 e. The fraction of sp³-hybridized carbons (Fsp3) is 0.385.